The van der Waals surface area contributed by atoms with Gasteiger partial charge in [-0.3, -0.25) is 0 Å². The molecule has 0 aliphatic heterocycles. The zero-order valence-electron chi connectivity index (χ0n) is 8.50. The van der Waals surface area contributed by atoms with Crippen LogP contribution in [0.3, 0.4) is 0 Å². The second-order valence-corrected chi connectivity index (χ2v) is 0. The van der Waals surface area contributed by atoms with E-state index in [0.29, 0.717) is 0 Å². The van der Waals surface area contributed by atoms with Crippen molar-refractivity contribution >= 4 is 0 Å². The molecule has 0 saturated carbocycles. The monoisotopic (exact) mass is 162 g/mol. The average Bonchev–Trinajstić information content (AvgIpc) is 0. The molecule has 8 heteroatoms. The molecule has 10 N–H and O–H groups in total. The molecule has 5 nitrogen and oxygen atoms in total. The molecule has 0 aliphatic carbocycles. The van der Waals surface area contributed by atoms with Crippen molar-refractivity contribution < 1.29 is 120 Å². The molecule has 0 spiro atoms. The van der Waals surface area contributed by atoms with E-state index in [9.17, 15) is 0 Å². The Bertz CT molecular complexity index is 16.9. The van der Waals surface area contributed by atoms with Crippen molar-refractivity contribution in [1.82, 2.24) is 0 Å². The summed E-state index contributed by atoms with van der Waals surface area (Å²) in [5, 5.41) is 0. The molecule has 0 rings (SSSR count). The summed E-state index contributed by atoms with van der Waals surface area (Å²) in [5.74, 6) is 0. The molecule has 46 valence electrons. The van der Waals surface area contributed by atoms with Gasteiger partial charge in [0.15, 0.2) is 0 Å². The fourth-order valence-corrected chi connectivity index (χ4v) is 0. The fraction of sp³-hybridized carbons (Fsp3) is 0. The van der Waals surface area contributed by atoms with Gasteiger partial charge < -0.3 is 31.7 Å². The maximum absolute atomic E-state index is 0. The maximum Gasteiger partial charge on any atom is 1.00 e. The van der Waals surface area contributed by atoms with Gasteiger partial charge in [0.2, 0.25) is 0 Å². The Labute approximate surface area is 118 Å². The summed E-state index contributed by atoms with van der Waals surface area (Å²) >= 11 is 0. The molecule has 0 fully saturated rings. The zero-order chi connectivity index (χ0) is 0. The molecule has 0 unspecified atom stereocenters. The molecule has 0 atom stereocenters. The van der Waals surface area contributed by atoms with Crippen LogP contribution in [0.1, 0.15) is 4.28 Å². The van der Waals surface area contributed by atoms with Crippen molar-refractivity contribution in [1.29, 1.82) is 0 Å². The number of hydrogen-bond donors (Lipinski definition) is 0. The molecular formula is H13Na3O5. The van der Waals surface area contributed by atoms with Crippen molar-refractivity contribution in [3.05, 3.63) is 0 Å². The summed E-state index contributed by atoms with van der Waals surface area (Å²) in [5.41, 5.74) is 0. The number of rotatable bonds is 0. The second kappa shape index (κ2) is 96.8. The van der Waals surface area contributed by atoms with Crippen LogP contribution >= 0.6 is 0 Å². The molecule has 0 saturated heterocycles. The minimum Gasteiger partial charge on any atom is -1.00 e. The Morgan fingerprint density at radius 1 is 0.375 bits per heavy atom. The van der Waals surface area contributed by atoms with Crippen molar-refractivity contribution in [2.75, 3.05) is 0 Å². The molecule has 0 bridgehead atoms. The van der Waals surface area contributed by atoms with Crippen molar-refractivity contribution in [2.45, 2.75) is 0 Å². The predicted octanol–water partition coefficient (Wildman–Crippen LogP) is -12.8. The first-order valence-corrected chi connectivity index (χ1v) is 0. The summed E-state index contributed by atoms with van der Waals surface area (Å²) in [6.45, 7) is 0. The summed E-state index contributed by atoms with van der Waals surface area (Å²) in [6, 6.07) is 0. The van der Waals surface area contributed by atoms with E-state index >= 15 is 0 Å². The van der Waals surface area contributed by atoms with Gasteiger partial charge in [0, 0.05) is 0 Å². The van der Waals surface area contributed by atoms with Crippen LogP contribution in [0.2, 0.25) is 0 Å². The normalized spacial score (nSPS) is 0. The molecule has 0 radical (unpaired) electrons. The SMILES string of the molecule is O.O.O.O.O.[H-].[H-].[H-].[Na+].[Na+].[Na+]. The van der Waals surface area contributed by atoms with Crippen LogP contribution in [-0.4, -0.2) is 27.4 Å². The first-order valence-electron chi connectivity index (χ1n) is 0. The van der Waals surface area contributed by atoms with E-state index in [1.807, 2.05) is 0 Å². The van der Waals surface area contributed by atoms with E-state index in [4.69, 9.17) is 0 Å². The van der Waals surface area contributed by atoms with Crippen LogP contribution in [0.4, 0.5) is 0 Å². The largest absolute Gasteiger partial charge is 1.00 e. The minimum absolute atomic E-state index is 0. The van der Waals surface area contributed by atoms with Gasteiger partial charge in [0.05, 0.1) is 0 Å². The number of hydrogen-bond acceptors (Lipinski definition) is 0. The Morgan fingerprint density at radius 3 is 0.375 bits per heavy atom. The van der Waals surface area contributed by atoms with Crippen molar-refractivity contribution in [3.8, 4) is 0 Å². The third kappa shape index (κ3) is 68.3. The third-order valence-corrected chi connectivity index (χ3v) is 0. The van der Waals surface area contributed by atoms with Gasteiger partial charge in [-0.1, -0.05) is 0 Å². The van der Waals surface area contributed by atoms with Gasteiger partial charge in [0.25, 0.3) is 0 Å². The van der Waals surface area contributed by atoms with E-state index in [0.717, 1.165) is 0 Å². The molecule has 0 aromatic carbocycles. The minimum atomic E-state index is 0. The maximum atomic E-state index is 0. The van der Waals surface area contributed by atoms with Gasteiger partial charge >= 0.3 is 88.7 Å². The van der Waals surface area contributed by atoms with E-state index in [-0.39, 0.29) is 120 Å². The molecular weight excluding hydrogens is 149 g/mol. The Hall–Kier alpha value is 2.80. The molecule has 8 heavy (non-hydrogen) atoms. The zero-order valence-corrected chi connectivity index (χ0v) is 11.5. The van der Waals surface area contributed by atoms with Gasteiger partial charge in [-0.2, -0.15) is 0 Å². The predicted molar refractivity (Wildman–Crippen MR) is 21.4 cm³/mol. The first-order chi connectivity index (χ1) is 0. The molecule has 0 aromatic rings. The standard InChI is InChI=1S/3Na.5H2O.3H/h;;;5*1H2;;;/q3*+1;;;;;;3*-1. The van der Waals surface area contributed by atoms with Crippen molar-refractivity contribution in [3.63, 3.8) is 0 Å². The van der Waals surface area contributed by atoms with Crippen LogP contribution in [0.5, 0.6) is 0 Å². The van der Waals surface area contributed by atoms with Crippen LogP contribution in [0.15, 0.2) is 0 Å². The van der Waals surface area contributed by atoms with Gasteiger partial charge in [-0.05, 0) is 0 Å². The summed E-state index contributed by atoms with van der Waals surface area (Å²) in [4.78, 5) is 0. The molecule has 0 amide bonds. The van der Waals surface area contributed by atoms with E-state index in [1.165, 1.54) is 0 Å². The average molecular weight is 162 g/mol. The smallest absolute Gasteiger partial charge is 1.00 e. The molecule has 0 heterocycles. The van der Waals surface area contributed by atoms with E-state index < -0.39 is 0 Å². The Kier molecular flexibility index (Phi) is 1600. The van der Waals surface area contributed by atoms with Gasteiger partial charge in [0.1, 0.15) is 0 Å². The summed E-state index contributed by atoms with van der Waals surface area (Å²) in [6.07, 6.45) is 0. The Balaban J connectivity index is 0. The second-order valence-electron chi connectivity index (χ2n) is 0. The van der Waals surface area contributed by atoms with Gasteiger partial charge in [-0.15, -0.1) is 0 Å². The van der Waals surface area contributed by atoms with Crippen LogP contribution in [0, 0.1) is 0 Å². The van der Waals surface area contributed by atoms with Crippen LogP contribution in [-0.2, 0) is 0 Å². The quantitative estimate of drug-likeness (QED) is 0.310. The van der Waals surface area contributed by atoms with Gasteiger partial charge in [-0.25, -0.2) is 0 Å². The topological polar surface area (TPSA) is 158 Å². The van der Waals surface area contributed by atoms with Crippen molar-refractivity contribution in [2.24, 2.45) is 0 Å². The summed E-state index contributed by atoms with van der Waals surface area (Å²) in [7, 11) is 0. The third-order valence-electron chi connectivity index (χ3n) is 0. The van der Waals surface area contributed by atoms with E-state index in [2.05, 4.69) is 0 Å². The van der Waals surface area contributed by atoms with Crippen LogP contribution < -0.4 is 88.7 Å². The molecule has 0 aromatic heterocycles. The van der Waals surface area contributed by atoms with Crippen LogP contribution in [0.25, 0.3) is 0 Å². The summed E-state index contributed by atoms with van der Waals surface area (Å²) < 4.78 is 0. The first kappa shape index (κ1) is 132. The van der Waals surface area contributed by atoms with E-state index in [1.54, 1.807) is 0 Å². The molecule has 0 aliphatic rings. The Morgan fingerprint density at radius 2 is 0.375 bits per heavy atom. The fourth-order valence-electron chi connectivity index (χ4n) is 0.